The quantitative estimate of drug-likeness (QED) is 0.638. The molecule has 1 amide bonds. The molecule has 0 saturated carbocycles. The van der Waals surface area contributed by atoms with Crippen LogP contribution in [0.5, 0.6) is 11.5 Å². The van der Waals surface area contributed by atoms with Crippen LogP contribution in [0.15, 0.2) is 53.9 Å². The molecule has 27 heavy (non-hydrogen) atoms. The first kappa shape index (κ1) is 18.9. The monoisotopic (exact) mass is 382 g/mol. The Bertz CT molecular complexity index is 893. The van der Waals surface area contributed by atoms with Gasteiger partial charge in [-0.1, -0.05) is 36.4 Å². The number of benzene rings is 2. The van der Waals surface area contributed by atoms with Gasteiger partial charge in [0.05, 0.1) is 24.9 Å². The minimum absolute atomic E-state index is 0.00115. The van der Waals surface area contributed by atoms with Gasteiger partial charge in [-0.15, -0.1) is 11.3 Å². The average molecular weight is 382 g/mol. The number of hydrogen-bond acceptors (Lipinski definition) is 5. The molecule has 1 heterocycles. The maximum Gasteiger partial charge on any atom is 0.220 e. The molecular weight excluding hydrogens is 360 g/mol. The normalized spacial score (nSPS) is 10.4. The Labute approximate surface area is 163 Å². The summed E-state index contributed by atoms with van der Waals surface area (Å²) in [5.74, 6) is 1.33. The molecule has 3 rings (SSSR count). The maximum atomic E-state index is 12.2. The number of hydrogen-bond donors (Lipinski definition) is 1. The Morgan fingerprint density at radius 1 is 1.07 bits per heavy atom. The predicted molar refractivity (Wildman–Crippen MR) is 107 cm³/mol. The van der Waals surface area contributed by atoms with Crippen LogP contribution in [0.25, 0.3) is 11.3 Å². The molecule has 0 bridgehead atoms. The standard InChI is InChI=1S/C21H22N2O3S/c1-25-18-9-8-15(12-19(18)26-2)13-22-20(24)10-11-21-23-17(14-27-21)16-6-4-3-5-7-16/h3-9,12,14H,10-11,13H2,1-2H3,(H,22,24). The van der Waals surface area contributed by atoms with Crippen LogP contribution >= 0.6 is 11.3 Å². The van der Waals surface area contributed by atoms with Crippen molar-refractivity contribution in [2.75, 3.05) is 14.2 Å². The second-order valence-corrected chi connectivity index (χ2v) is 6.90. The van der Waals surface area contributed by atoms with Crippen molar-refractivity contribution in [2.24, 2.45) is 0 Å². The average Bonchev–Trinajstić information content (AvgIpc) is 3.20. The molecule has 1 aromatic heterocycles. The lowest BCUT2D eigenvalue weighted by molar-refractivity contribution is -0.121. The number of carbonyl (C=O) groups is 1. The summed E-state index contributed by atoms with van der Waals surface area (Å²) in [4.78, 5) is 16.8. The zero-order valence-corrected chi connectivity index (χ0v) is 16.2. The minimum Gasteiger partial charge on any atom is -0.493 e. The zero-order valence-electron chi connectivity index (χ0n) is 15.4. The summed E-state index contributed by atoms with van der Waals surface area (Å²) < 4.78 is 10.5. The Kier molecular flexibility index (Phi) is 6.44. The number of ether oxygens (including phenoxy) is 2. The summed E-state index contributed by atoms with van der Waals surface area (Å²) in [6.07, 6.45) is 1.05. The van der Waals surface area contributed by atoms with Crippen LogP contribution in [0.2, 0.25) is 0 Å². The van der Waals surface area contributed by atoms with E-state index in [1.165, 1.54) is 0 Å². The first-order valence-corrected chi connectivity index (χ1v) is 9.55. The highest BCUT2D eigenvalue weighted by atomic mass is 32.1. The minimum atomic E-state index is 0.00115. The van der Waals surface area contributed by atoms with Gasteiger partial charge in [-0.2, -0.15) is 0 Å². The largest absolute Gasteiger partial charge is 0.493 e. The van der Waals surface area contributed by atoms with Crippen molar-refractivity contribution in [1.29, 1.82) is 0 Å². The van der Waals surface area contributed by atoms with E-state index in [1.54, 1.807) is 25.6 Å². The fraction of sp³-hybridized carbons (Fsp3) is 0.238. The van der Waals surface area contributed by atoms with Crippen molar-refractivity contribution in [1.82, 2.24) is 10.3 Å². The fourth-order valence-corrected chi connectivity index (χ4v) is 3.47. The van der Waals surface area contributed by atoms with Crippen LogP contribution in [0.4, 0.5) is 0 Å². The third kappa shape index (κ3) is 5.08. The third-order valence-corrected chi connectivity index (χ3v) is 5.03. The van der Waals surface area contributed by atoms with E-state index in [4.69, 9.17) is 9.47 Å². The van der Waals surface area contributed by atoms with Gasteiger partial charge in [-0.05, 0) is 17.7 Å². The molecule has 0 atom stereocenters. The molecule has 5 nitrogen and oxygen atoms in total. The molecule has 6 heteroatoms. The molecule has 0 aliphatic rings. The molecule has 0 radical (unpaired) electrons. The topological polar surface area (TPSA) is 60.5 Å². The molecule has 2 aromatic carbocycles. The van der Waals surface area contributed by atoms with E-state index in [0.29, 0.717) is 30.9 Å². The van der Waals surface area contributed by atoms with E-state index in [2.05, 4.69) is 10.3 Å². The number of nitrogens with one attached hydrogen (secondary N) is 1. The number of rotatable bonds is 8. The number of carbonyl (C=O) groups excluding carboxylic acids is 1. The van der Waals surface area contributed by atoms with Crippen LogP contribution in [-0.2, 0) is 17.8 Å². The number of aromatic nitrogens is 1. The lowest BCUT2D eigenvalue weighted by atomic mass is 10.2. The van der Waals surface area contributed by atoms with Crippen molar-refractivity contribution in [2.45, 2.75) is 19.4 Å². The van der Waals surface area contributed by atoms with Crippen molar-refractivity contribution in [3.8, 4) is 22.8 Å². The highest BCUT2D eigenvalue weighted by molar-refractivity contribution is 7.09. The second-order valence-electron chi connectivity index (χ2n) is 5.96. The second kappa shape index (κ2) is 9.19. The highest BCUT2D eigenvalue weighted by Gasteiger charge is 2.09. The van der Waals surface area contributed by atoms with Crippen molar-refractivity contribution < 1.29 is 14.3 Å². The summed E-state index contributed by atoms with van der Waals surface area (Å²) in [7, 11) is 3.19. The van der Waals surface area contributed by atoms with Gasteiger partial charge in [0.2, 0.25) is 5.91 Å². The van der Waals surface area contributed by atoms with Gasteiger partial charge in [0, 0.05) is 30.3 Å². The maximum absolute atomic E-state index is 12.2. The van der Waals surface area contributed by atoms with Crippen LogP contribution in [0, 0.1) is 0 Å². The fourth-order valence-electron chi connectivity index (χ4n) is 2.67. The van der Waals surface area contributed by atoms with Gasteiger partial charge in [0.15, 0.2) is 11.5 Å². The molecule has 0 fully saturated rings. The highest BCUT2D eigenvalue weighted by Crippen LogP contribution is 2.27. The number of thiazole rings is 1. The van der Waals surface area contributed by atoms with Crippen LogP contribution < -0.4 is 14.8 Å². The summed E-state index contributed by atoms with van der Waals surface area (Å²) in [5, 5.41) is 5.94. The molecule has 0 spiro atoms. The van der Waals surface area contributed by atoms with E-state index < -0.39 is 0 Å². The van der Waals surface area contributed by atoms with Crippen LogP contribution in [0.1, 0.15) is 17.0 Å². The molecule has 140 valence electrons. The predicted octanol–water partition coefficient (Wildman–Crippen LogP) is 4.08. The van der Waals surface area contributed by atoms with E-state index in [9.17, 15) is 4.79 Å². The molecule has 0 saturated heterocycles. The molecule has 0 unspecified atom stereocenters. The number of aryl methyl sites for hydroxylation is 1. The van der Waals surface area contributed by atoms with Crippen molar-refractivity contribution >= 4 is 17.2 Å². The lowest BCUT2D eigenvalue weighted by Gasteiger charge is -2.10. The molecule has 0 aliphatic heterocycles. The van der Waals surface area contributed by atoms with Crippen molar-refractivity contribution in [3.05, 3.63) is 64.5 Å². The Balaban J connectivity index is 1.50. The summed E-state index contributed by atoms with van der Waals surface area (Å²) in [6.45, 7) is 0.451. The van der Waals surface area contributed by atoms with E-state index in [-0.39, 0.29) is 5.91 Å². The van der Waals surface area contributed by atoms with Gasteiger partial charge in [-0.25, -0.2) is 4.98 Å². The van der Waals surface area contributed by atoms with Crippen LogP contribution in [0.3, 0.4) is 0 Å². The Morgan fingerprint density at radius 2 is 1.85 bits per heavy atom. The summed E-state index contributed by atoms with van der Waals surface area (Å²) in [5.41, 5.74) is 3.01. The lowest BCUT2D eigenvalue weighted by Crippen LogP contribution is -2.23. The Morgan fingerprint density at radius 3 is 2.59 bits per heavy atom. The molecule has 3 aromatic rings. The molecule has 0 aliphatic carbocycles. The third-order valence-electron chi connectivity index (χ3n) is 4.12. The molecular formula is C21H22N2O3S. The van der Waals surface area contributed by atoms with E-state index in [0.717, 1.165) is 21.8 Å². The van der Waals surface area contributed by atoms with E-state index in [1.807, 2.05) is 53.9 Å². The first-order valence-electron chi connectivity index (χ1n) is 8.67. The number of amides is 1. The zero-order chi connectivity index (χ0) is 19.1. The number of methoxy groups -OCH3 is 2. The van der Waals surface area contributed by atoms with E-state index >= 15 is 0 Å². The van der Waals surface area contributed by atoms with Gasteiger partial charge in [-0.3, -0.25) is 4.79 Å². The smallest absolute Gasteiger partial charge is 0.220 e. The van der Waals surface area contributed by atoms with Crippen LogP contribution in [-0.4, -0.2) is 25.1 Å². The van der Waals surface area contributed by atoms with Gasteiger partial charge >= 0.3 is 0 Å². The van der Waals surface area contributed by atoms with Gasteiger partial charge < -0.3 is 14.8 Å². The summed E-state index contributed by atoms with van der Waals surface area (Å²) >= 11 is 1.59. The summed E-state index contributed by atoms with van der Waals surface area (Å²) in [6, 6.07) is 15.7. The SMILES string of the molecule is COc1ccc(CNC(=O)CCc2nc(-c3ccccc3)cs2)cc1OC. The molecule has 1 N–H and O–H groups in total. The Hall–Kier alpha value is -2.86. The first-order chi connectivity index (χ1) is 13.2. The van der Waals surface area contributed by atoms with Gasteiger partial charge in [0.25, 0.3) is 0 Å². The number of nitrogens with zero attached hydrogens (tertiary/aromatic N) is 1. The van der Waals surface area contributed by atoms with Crippen molar-refractivity contribution in [3.63, 3.8) is 0 Å². The van der Waals surface area contributed by atoms with Gasteiger partial charge in [0.1, 0.15) is 0 Å².